The van der Waals surface area contributed by atoms with E-state index < -0.39 is 10.0 Å². The van der Waals surface area contributed by atoms with E-state index in [1.54, 1.807) is 30.3 Å². The van der Waals surface area contributed by atoms with Crippen LogP contribution < -0.4 is 10.0 Å². The first-order chi connectivity index (χ1) is 11.6. The van der Waals surface area contributed by atoms with Gasteiger partial charge in [-0.1, -0.05) is 42.5 Å². The molecule has 1 heterocycles. The molecule has 0 amide bonds. The zero-order valence-corrected chi connectivity index (χ0v) is 14.4. The lowest BCUT2D eigenvalue weighted by molar-refractivity contribution is 0.233. The average Bonchev–Trinajstić information content (AvgIpc) is 2.63. The van der Waals surface area contributed by atoms with Gasteiger partial charge in [0.15, 0.2) is 0 Å². The maximum Gasteiger partial charge on any atom is 0.240 e. The van der Waals surface area contributed by atoms with Crippen LogP contribution in [0, 0.1) is 0 Å². The van der Waals surface area contributed by atoms with Gasteiger partial charge in [0.25, 0.3) is 0 Å². The standard InChI is InChI=1S/C18H23N3O2S/c22-24(23,18-4-2-1-3-5-18)20-14-16-6-8-17(9-7-16)15-21-12-10-19-11-13-21/h1-9,19-20H,10-15H2. The molecular formula is C18H23N3O2S. The van der Waals surface area contributed by atoms with Crippen molar-refractivity contribution in [1.82, 2.24) is 14.9 Å². The van der Waals surface area contributed by atoms with Crippen LogP contribution in [0.1, 0.15) is 11.1 Å². The van der Waals surface area contributed by atoms with Crippen LogP contribution in [0.15, 0.2) is 59.5 Å². The molecule has 0 aliphatic carbocycles. The summed E-state index contributed by atoms with van der Waals surface area (Å²) in [6.07, 6.45) is 0. The minimum absolute atomic E-state index is 0.292. The van der Waals surface area contributed by atoms with E-state index in [9.17, 15) is 8.42 Å². The van der Waals surface area contributed by atoms with Crippen LogP contribution in [0.5, 0.6) is 0 Å². The Hall–Kier alpha value is -1.73. The van der Waals surface area contributed by atoms with Crippen LogP contribution in [-0.2, 0) is 23.1 Å². The molecule has 6 heteroatoms. The molecule has 0 saturated carbocycles. The zero-order chi connectivity index (χ0) is 16.8. The van der Waals surface area contributed by atoms with Crippen LogP contribution in [0.2, 0.25) is 0 Å². The SMILES string of the molecule is O=S(=O)(NCc1ccc(CN2CCNCC2)cc1)c1ccccc1. The Morgan fingerprint density at radius 2 is 1.54 bits per heavy atom. The fraction of sp³-hybridized carbons (Fsp3) is 0.333. The van der Waals surface area contributed by atoms with E-state index in [1.165, 1.54) is 5.56 Å². The maximum atomic E-state index is 12.2. The molecule has 24 heavy (non-hydrogen) atoms. The molecule has 2 N–H and O–H groups in total. The molecule has 1 aliphatic rings. The molecule has 0 radical (unpaired) electrons. The first-order valence-corrected chi connectivity index (χ1v) is 9.67. The normalized spacial score (nSPS) is 16.2. The first-order valence-electron chi connectivity index (χ1n) is 8.19. The Labute approximate surface area is 143 Å². The summed E-state index contributed by atoms with van der Waals surface area (Å²) in [5.41, 5.74) is 2.21. The van der Waals surface area contributed by atoms with Crippen LogP contribution in [-0.4, -0.2) is 39.5 Å². The Balaban J connectivity index is 1.56. The third-order valence-electron chi connectivity index (χ3n) is 4.16. The van der Waals surface area contributed by atoms with Gasteiger partial charge in [-0.25, -0.2) is 13.1 Å². The number of benzene rings is 2. The summed E-state index contributed by atoms with van der Waals surface area (Å²) in [6, 6.07) is 16.6. The molecule has 5 nitrogen and oxygen atoms in total. The van der Waals surface area contributed by atoms with Crippen molar-refractivity contribution in [3.63, 3.8) is 0 Å². The van der Waals surface area contributed by atoms with E-state index in [1.807, 2.05) is 12.1 Å². The molecule has 1 aliphatic heterocycles. The largest absolute Gasteiger partial charge is 0.314 e. The number of hydrogen-bond donors (Lipinski definition) is 2. The molecule has 3 rings (SSSR count). The van der Waals surface area contributed by atoms with E-state index >= 15 is 0 Å². The number of sulfonamides is 1. The lowest BCUT2D eigenvalue weighted by atomic mass is 10.1. The number of rotatable bonds is 6. The second-order valence-electron chi connectivity index (χ2n) is 5.98. The topological polar surface area (TPSA) is 61.4 Å². The molecule has 0 bridgehead atoms. The maximum absolute atomic E-state index is 12.2. The van der Waals surface area contributed by atoms with E-state index in [4.69, 9.17) is 0 Å². The molecule has 1 fully saturated rings. The molecule has 0 spiro atoms. The zero-order valence-electron chi connectivity index (χ0n) is 13.6. The minimum Gasteiger partial charge on any atom is -0.314 e. The third kappa shape index (κ3) is 4.64. The number of nitrogens with one attached hydrogen (secondary N) is 2. The Kier molecular flexibility index (Phi) is 5.63. The molecule has 128 valence electrons. The van der Waals surface area contributed by atoms with Crippen molar-refractivity contribution in [1.29, 1.82) is 0 Å². The molecule has 2 aromatic carbocycles. The summed E-state index contributed by atoms with van der Waals surface area (Å²) in [7, 11) is -3.46. The number of piperazine rings is 1. The van der Waals surface area contributed by atoms with Crippen molar-refractivity contribution in [2.45, 2.75) is 18.0 Å². The van der Waals surface area contributed by atoms with E-state index in [0.29, 0.717) is 11.4 Å². The van der Waals surface area contributed by atoms with Crippen molar-refractivity contribution in [2.75, 3.05) is 26.2 Å². The van der Waals surface area contributed by atoms with Gasteiger partial charge in [-0.3, -0.25) is 4.90 Å². The Bertz CT molecular complexity index is 740. The quantitative estimate of drug-likeness (QED) is 0.834. The molecule has 1 saturated heterocycles. The van der Waals surface area contributed by atoms with E-state index in [0.717, 1.165) is 38.3 Å². The monoisotopic (exact) mass is 345 g/mol. The summed E-state index contributed by atoms with van der Waals surface area (Å²) >= 11 is 0. The van der Waals surface area contributed by atoms with Gasteiger partial charge in [-0.2, -0.15) is 0 Å². The Morgan fingerprint density at radius 3 is 2.21 bits per heavy atom. The summed E-state index contributed by atoms with van der Waals surface area (Å²) in [5, 5.41) is 3.35. The second kappa shape index (κ2) is 7.90. The summed E-state index contributed by atoms with van der Waals surface area (Å²) in [4.78, 5) is 2.71. The van der Waals surface area contributed by atoms with Gasteiger partial charge >= 0.3 is 0 Å². The predicted molar refractivity (Wildman–Crippen MR) is 95.1 cm³/mol. The summed E-state index contributed by atoms with van der Waals surface area (Å²) in [6.45, 7) is 5.46. The fourth-order valence-electron chi connectivity index (χ4n) is 2.75. The van der Waals surface area contributed by atoms with Crippen molar-refractivity contribution in [2.24, 2.45) is 0 Å². The van der Waals surface area contributed by atoms with Crippen molar-refractivity contribution in [3.8, 4) is 0 Å². The highest BCUT2D eigenvalue weighted by Crippen LogP contribution is 2.11. The van der Waals surface area contributed by atoms with Crippen molar-refractivity contribution in [3.05, 3.63) is 65.7 Å². The van der Waals surface area contributed by atoms with Gasteiger partial charge < -0.3 is 5.32 Å². The summed E-state index contributed by atoms with van der Waals surface area (Å²) in [5.74, 6) is 0. The molecule has 0 unspecified atom stereocenters. The fourth-order valence-corrected chi connectivity index (χ4v) is 3.79. The average molecular weight is 345 g/mol. The smallest absolute Gasteiger partial charge is 0.240 e. The van der Waals surface area contributed by atoms with Crippen LogP contribution in [0.4, 0.5) is 0 Å². The summed E-state index contributed by atoms with van der Waals surface area (Å²) < 4.78 is 27.1. The van der Waals surface area contributed by atoms with Gasteiger partial charge in [-0.05, 0) is 23.3 Å². The van der Waals surface area contributed by atoms with Crippen LogP contribution >= 0.6 is 0 Å². The van der Waals surface area contributed by atoms with Gasteiger partial charge in [0.1, 0.15) is 0 Å². The van der Waals surface area contributed by atoms with Crippen molar-refractivity contribution < 1.29 is 8.42 Å². The number of hydrogen-bond acceptors (Lipinski definition) is 4. The lowest BCUT2D eigenvalue weighted by Gasteiger charge is -2.27. The van der Waals surface area contributed by atoms with Gasteiger partial charge in [0.05, 0.1) is 4.90 Å². The molecule has 0 atom stereocenters. The van der Waals surface area contributed by atoms with Gasteiger partial charge in [0.2, 0.25) is 10.0 Å². The molecule has 2 aromatic rings. The molecule has 0 aromatic heterocycles. The van der Waals surface area contributed by atoms with Crippen LogP contribution in [0.3, 0.4) is 0 Å². The first kappa shape index (κ1) is 17.1. The highest BCUT2D eigenvalue weighted by molar-refractivity contribution is 7.89. The van der Waals surface area contributed by atoms with E-state index in [-0.39, 0.29) is 0 Å². The number of nitrogens with zero attached hydrogens (tertiary/aromatic N) is 1. The van der Waals surface area contributed by atoms with Crippen molar-refractivity contribution >= 4 is 10.0 Å². The minimum atomic E-state index is -3.46. The predicted octanol–water partition coefficient (Wildman–Crippen LogP) is 1.57. The highest BCUT2D eigenvalue weighted by Gasteiger charge is 2.13. The molecular weight excluding hydrogens is 322 g/mol. The van der Waals surface area contributed by atoms with Gasteiger partial charge in [0, 0.05) is 39.3 Å². The third-order valence-corrected chi connectivity index (χ3v) is 5.58. The second-order valence-corrected chi connectivity index (χ2v) is 7.75. The Morgan fingerprint density at radius 1 is 0.917 bits per heavy atom. The lowest BCUT2D eigenvalue weighted by Crippen LogP contribution is -2.42. The highest BCUT2D eigenvalue weighted by atomic mass is 32.2. The van der Waals surface area contributed by atoms with Gasteiger partial charge in [-0.15, -0.1) is 0 Å². The van der Waals surface area contributed by atoms with E-state index in [2.05, 4.69) is 27.1 Å². The van der Waals surface area contributed by atoms with Crippen LogP contribution in [0.25, 0.3) is 0 Å².